The Morgan fingerprint density at radius 2 is 1.90 bits per heavy atom. The molecule has 0 bridgehead atoms. The fraction of sp³-hybridized carbons (Fsp3) is 0.647. The second-order valence-electron chi connectivity index (χ2n) is 5.90. The third-order valence-corrected chi connectivity index (χ3v) is 4.80. The largest absolute Gasteiger partial charge is 0.310 e. The molecule has 2 rings (SSSR count). The number of benzene rings is 1. The van der Waals surface area contributed by atoms with E-state index in [1.807, 2.05) is 11.8 Å². The number of thioether (sulfide) groups is 1. The van der Waals surface area contributed by atoms with Gasteiger partial charge in [-0.2, -0.15) is 11.8 Å². The minimum atomic E-state index is 0.682. The fourth-order valence-electron chi connectivity index (χ4n) is 2.48. The molecule has 0 amide bonds. The Bertz CT molecular complexity index is 386. The Labute approximate surface area is 128 Å². The summed E-state index contributed by atoms with van der Waals surface area (Å²) >= 11 is 1.94. The molecule has 0 spiro atoms. The monoisotopic (exact) mass is 292 g/mol. The van der Waals surface area contributed by atoms with Crippen LogP contribution in [0.15, 0.2) is 24.3 Å². The predicted octanol–water partition coefficient (Wildman–Crippen LogP) is 3.51. The molecule has 1 aromatic carbocycles. The zero-order valence-electron chi connectivity index (χ0n) is 13.1. The van der Waals surface area contributed by atoms with E-state index in [2.05, 4.69) is 54.7 Å². The molecule has 1 atom stereocenters. The molecule has 0 radical (unpaired) electrons. The summed E-state index contributed by atoms with van der Waals surface area (Å²) < 4.78 is 0. The fourth-order valence-corrected chi connectivity index (χ4v) is 3.35. The molecule has 20 heavy (non-hydrogen) atoms. The third kappa shape index (κ3) is 5.12. The van der Waals surface area contributed by atoms with Crippen LogP contribution in [0.3, 0.4) is 0 Å². The van der Waals surface area contributed by atoms with Gasteiger partial charge in [0.25, 0.3) is 0 Å². The van der Waals surface area contributed by atoms with Gasteiger partial charge in [0.2, 0.25) is 0 Å². The van der Waals surface area contributed by atoms with Crippen LogP contribution in [0.1, 0.15) is 37.3 Å². The van der Waals surface area contributed by atoms with Crippen molar-refractivity contribution in [2.45, 2.75) is 51.4 Å². The molecule has 1 fully saturated rings. The number of nitrogens with zero attached hydrogens (tertiary/aromatic N) is 1. The van der Waals surface area contributed by atoms with Gasteiger partial charge in [0.05, 0.1) is 0 Å². The minimum Gasteiger partial charge on any atom is -0.310 e. The van der Waals surface area contributed by atoms with Crippen molar-refractivity contribution in [3.05, 3.63) is 35.4 Å². The average Bonchev–Trinajstić information content (AvgIpc) is 3.28. The molecule has 1 aliphatic rings. The van der Waals surface area contributed by atoms with Crippen LogP contribution < -0.4 is 5.32 Å². The standard InChI is InChI=1S/C17H28N2S/c1-4-17(13-20-3)19(2)12-15-7-5-14(6-8-15)11-18-16-9-10-16/h5-8,16-18H,4,9-13H2,1-3H3. The molecule has 1 unspecified atom stereocenters. The first kappa shape index (κ1) is 15.9. The van der Waals surface area contributed by atoms with Gasteiger partial charge in [-0.05, 0) is 43.7 Å². The van der Waals surface area contributed by atoms with Gasteiger partial charge in [-0.25, -0.2) is 0 Å². The van der Waals surface area contributed by atoms with Crippen molar-refractivity contribution >= 4 is 11.8 Å². The highest BCUT2D eigenvalue weighted by Crippen LogP contribution is 2.19. The maximum Gasteiger partial charge on any atom is 0.0233 e. The molecular weight excluding hydrogens is 264 g/mol. The Kier molecular flexibility index (Phi) is 6.40. The summed E-state index contributed by atoms with van der Waals surface area (Å²) in [6, 6.07) is 10.6. The van der Waals surface area contributed by atoms with Crippen molar-refractivity contribution in [1.29, 1.82) is 0 Å². The molecule has 112 valence electrons. The maximum atomic E-state index is 3.56. The van der Waals surface area contributed by atoms with Crippen LogP contribution in [0.2, 0.25) is 0 Å². The van der Waals surface area contributed by atoms with E-state index >= 15 is 0 Å². The van der Waals surface area contributed by atoms with E-state index in [0.717, 1.165) is 19.1 Å². The Hall–Kier alpha value is -0.510. The molecule has 2 nitrogen and oxygen atoms in total. The first-order valence-electron chi connectivity index (χ1n) is 7.73. The van der Waals surface area contributed by atoms with Crippen LogP contribution in [-0.2, 0) is 13.1 Å². The zero-order valence-corrected chi connectivity index (χ0v) is 13.9. The van der Waals surface area contributed by atoms with Crippen molar-refractivity contribution in [2.24, 2.45) is 0 Å². The summed E-state index contributed by atoms with van der Waals surface area (Å²) in [5, 5.41) is 3.56. The van der Waals surface area contributed by atoms with Crippen LogP contribution >= 0.6 is 11.8 Å². The lowest BCUT2D eigenvalue weighted by molar-refractivity contribution is 0.248. The van der Waals surface area contributed by atoms with Crippen LogP contribution in [0.25, 0.3) is 0 Å². The van der Waals surface area contributed by atoms with Gasteiger partial charge < -0.3 is 5.32 Å². The van der Waals surface area contributed by atoms with Gasteiger partial charge >= 0.3 is 0 Å². The van der Waals surface area contributed by atoms with E-state index in [1.54, 1.807) is 0 Å². The lowest BCUT2D eigenvalue weighted by Crippen LogP contribution is -2.32. The van der Waals surface area contributed by atoms with Crippen LogP contribution in [0.5, 0.6) is 0 Å². The molecule has 1 aliphatic carbocycles. The average molecular weight is 292 g/mol. The third-order valence-electron chi connectivity index (χ3n) is 4.08. The zero-order chi connectivity index (χ0) is 14.4. The van der Waals surface area contributed by atoms with Gasteiger partial charge in [-0.1, -0.05) is 31.2 Å². The first-order chi connectivity index (χ1) is 9.72. The summed E-state index contributed by atoms with van der Waals surface area (Å²) in [4.78, 5) is 2.48. The molecule has 0 aromatic heterocycles. The van der Waals surface area contributed by atoms with Crippen LogP contribution in [0.4, 0.5) is 0 Å². The maximum absolute atomic E-state index is 3.56. The van der Waals surface area contributed by atoms with Gasteiger partial charge in [0.15, 0.2) is 0 Å². The topological polar surface area (TPSA) is 15.3 Å². The molecule has 1 N–H and O–H groups in total. The van der Waals surface area contributed by atoms with E-state index in [1.165, 1.54) is 36.1 Å². The van der Waals surface area contributed by atoms with E-state index in [4.69, 9.17) is 0 Å². The summed E-state index contributed by atoms with van der Waals surface area (Å²) in [5.41, 5.74) is 2.82. The SMILES string of the molecule is CCC(CSC)N(C)Cc1ccc(CNC2CC2)cc1. The van der Waals surface area contributed by atoms with Crippen molar-refractivity contribution in [3.8, 4) is 0 Å². The van der Waals surface area contributed by atoms with E-state index in [-0.39, 0.29) is 0 Å². The van der Waals surface area contributed by atoms with Crippen LogP contribution in [0, 0.1) is 0 Å². The Morgan fingerprint density at radius 3 is 2.45 bits per heavy atom. The predicted molar refractivity (Wildman–Crippen MR) is 90.2 cm³/mol. The normalized spacial score (nSPS) is 16.6. The number of hydrogen-bond donors (Lipinski definition) is 1. The molecule has 0 saturated heterocycles. The molecule has 1 saturated carbocycles. The lowest BCUT2D eigenvalue weighted by Gasteiger charge is -2.26. The van der Waals surface area contributed by atoms with E-state index in [0.29, 0.717) is 6.04 Å². The summed E-state index contributed by atoms with van der Waals surface area (Å²) in [6.07, 6.45) is 6.13. The second-order valence-corrected chi connectivity index (χ2v) is 6.81. The molecule has 0 aliphatic heterocycles. The number of hydrogen-bond acceptors (Lipinski definition) is 3. The van der Waals surface area contributed by atoms with Crippen molar-refractivity contribution in [3.63, 3.8) is 0 Å². The molecular formula is C17H28N2S. The van der Waals surface area contributed by atoms with Crippen molar-refractivity contribution in [2.75, 3.05) is 19.1 Å². The smallest absolute Gasteiger partial charge is 0.0233 e. The van der Waals surface area contributed by atoms with Gasteiger partial charge in [0.1, 0.15) is 0 Å². The first-order valence-corrected chi connectivity index (χ1v) is 9.12. The summed E-state index contributed by atoms with van der Waals surface area (Å²) in [7, 11) is 2.24. The minimum absolute atomic E-state index is 0.682. The lowest BCUT2D eigenvalue weighted by atomic mass is 10.1. The van der Waals surface area contributed by atoms with E-state index in [9.17, 15) is 0 Å². The highest BCUT2D eigenvalue weighted by Gasteiger charge is 2.19. The Morgan fingerprint density at radius 1 is 1.25 bits per heavy atom. The van der Waals surface area contributed by atoms with Gasteiger partial charge in [0, 0.05) is 30.9 Å². The Balaban J connectivity index is 1.82. The molecule has 0 heterocycles. The van der Waals surface area contributed by atoms with Gasteiger partial charge in [-0.15, -0.1) is 0 Å². The highest BCUT2D eigenvalue weighted by molar-refractivity contribution is 7.98. The quantitative estimate of drug-likeness (QED) is 0.750. The van der Waals surface area contributed by atoms with Crippen molar-refractivity contribution in [1.82, 2.24) is 10.2 Å². The molecule has 1 aromatic rings. The second kappa shape index (κ2) is 8.06. The number of nitrogens with one attached hydrogen (secondary N) is 1. The van der Waals surface area contributed by atoms with Gasteiger partial charge in [-0.3, -0.25) is 4.90 Å². The molecule has 3 heteroatoms. The highest BCUT2D eigenvalue weighted by atomic mass is 32.2. The van der Waals surface area contributed by atoms with Crippen molar-refractivity contribution < 1.29 is 0 Å². The summed E-state index contributed by atoms with van der Waals surface area (Å²) in [5.74, 6) is 1.22. The van der Waals surface area contributed by atoms with Crippen LogP contribution in [-0.4, -0.2) is 36.0 Å². The summed E-state index contributed by atoms with van der Waals surface area (Å²) in [6.45, 7) is 4.35. The number of rotatable bonds is 9. The van der Waals surface area contributed by atoms with E-state index < -0.39 is 0 Å².